The van der Waals surface area contributed by atoms with E-state index in [2.05, 4.69) is 11.2 Å². The van der Waals surface area contributed by atoms with Crippen LogP contribution in [0.5, 0.6) is 0 Å². The van der Waals surface area contributed by atoms with Gasteiger partial charge in [-0.15, -0.1) is 6.42 Å². The zero-order chi connectivity index (χ0) is 11.5. The van der Waals surface area contributed by atoms with Gasteiger partial charge >= 0.3 is 0 Å². The van der Waals surface area contributed by atoms with Crippen LogP contribution in [0.2, 0.25) is 0 Å². The molecule has 1 rings (SSSR count). The van der Waals surface area contributed by atoms with Gasteiger partial charge in [0.2, 0.25) is 0 Å². The van der Waals surface area contributed by atoms with Crippen molar-refractivity contribution in [1.29, 1.82) is 0 Å². The minimum Gasteiger partial charge on any atom is -0.295 e. The van der Waals surface area contributed by atoms with Crippen LogP contribution in [0.25, 0.3) is 0 Å². The number of terminal acetylenes is 1. The van der Waals surface area contributed by atoms with Crippen molar-refractivity contribution < 1.29 is 4.39 Å². The molecule has 0 aliphatic rings. The van der Waals surface area contributed by atoms with E-state index in [0.717, 1.165) is 0 Å². The van der Waals surface area contributed by atoms with Crippen LogP contribution in [0.15, 0.2) is 24.3 Å². The third-order valence-electron chi connectivity index (χ3n) is 2.31. The maximum Gasteiger partial charge on any atom is 0.127 e. The predicted octanol–water partition coefficient (Wildman–Crippen LogP) is 2.89. The summed E-state index contributed by atoms with van der Waals surface area (Å²) in [6, 6.07) is 6.62. The first-order valence-electron chi connectivity index (χ1n) is 4.96. The SMILES string of the molecule is C#CC(C)(C)NC(C)c1ccccc1F. The van der Waals surface area contributed by atoms with Crippen LogP contribution in [0, 0.1) is 18.2 Å². The molecule has 0 radical (unpaired) electrons. The van der Waals surface area contributed by atoms with Crippen LogP contribution in [-0.2, 0) is 0 Å². The topological polar surface area (TPSA) is 12.0 Å². The normalized spacial score (nSPS) is 13.3. The largest absolute Gasteiger partial charge is 0.295 e. The average molecular weight is 205 g/mol. The number of hydrogen-bond donors (Lipinski definition) is 1. The van der Waals surface area contributed by atoms with Crippen LogP contribution in [-0.4, -0.2) is 5.54 Å². The summed E-state index contributed by atoms with van der Waals surface area (Å²) in [5, 5.41) is 3.19. The van der Waals surface area contributed by atoms with Crippen LogP contribution in [0.3, 0.4) is 0 Å². The number of nitrogens with one attached hydrogen (secondary N) is 1. The molecule has 1 N–H and O–H groups in total. The van der Waals surface area contributed by atoms with Gasteiger partial charge in [-0.25, -0.2) is 4.39 Å². The van der Waals surface area contributed by atoms with Crippen molar-refractivity contribution in [3.05, 3.63) is 35.6 Å². The molecule has 0 aliphatic heterocycles. The Bertz CT molecular complexity index is 376. The number of benzene rings is 1. The van der Waals surface area contributed by atoms with Crippen LogP contribution in [0.4, 0.5) is 4.39 Å². The number of hydrogen-bond acceptors (Lipinski definition) is 1. The highest BCUT2D eigenvalue weighted by molar-refractivity contribution is 5.22. The third kappa shape index (κ3) is 3.07. The number of rotatable bonds is 3. The summed E-state index contributed by atoms with van der Waals surface area (Å²) in [6.45, 7) is 5.69. The maximum atomic E-state index is 13.4. The summed E-state index contributed by atoms with van der Waals surface area (Å²) in [7, 11) is 0. The Kier molecular flexibility index (Phi) is 3.49. The zero-order valence-corrected chi connectivity index (χ0v) is 9.34. The maximum absolute atomic E-state index is 13.4. The van der Waals surface area contributed by atoms with Crippen molar-refractivity contribution in [2.24, 2.45) is 0 Å². The molecular weight excluding hydrogens is 189 g/mol. The van der Waals surface area contributed by atoms with Gasteiger partial charge in [-0.2, -0.15) is 0 Å². The molecule has 0 heterocycles. The van der Waals surface area contributed by atoms with Gasteiger partial charge in [-0.1, -0.05) is 24.1 Å². The fourth-order valence-corrected chi connectivity index (χ4v) is 1.49. The Morgan fingerprint density at radius 2 is 2.00 bits per heavy atom. The standard InChI is InChI=1S/C13H16FN/c1-5-13(3,4)15-10(2)11-8-6-7-9-12(11)14/h1,6-10,15H,2-4H3. The molecule has 1 aromatic rings. The predicted molar refractivity (Wildman–Crippen MR) is 60.9 cm³/mol. The van der Waals surface area contributed by atoms with Crippen molar-refractivity contribution in [2.45, 2.75) is 32.4 Å². The van der Waals surface area contributed by atoms with E-state index in [1.54, 1.807) is 12.1 Å². The molecule has 0 amide bonds. The summed E-state index contributed by atoms with van der Waals surface area (Å²) in [5.74, 6) is 2.42. The van der Waals surface area contributed by atoms with E-state index in [-0.39, 0.29) is 11.9 Å². The first-order valence-corrected chi connectivity index (χ1v) is 4.96. The van der Waals surface area contributed by atoms with Crippen molar-refractivity contribution in [3.8, 4) is 12.3 Å². The molecule has 0 saturated heterocycles. The van der Waals surface area contributed by atoms with Gasteiger partial charge in [0, 0.05) is 11.6 Å². The van der Waals surface area contributed by atoms with Crippen LogP contribution in [0.1, 0.15) is 32.4 Å². The Morgan fingerprint density at radius 3 is 2.53 bits per heavy atom. The van der Waals surface area contributed by atoms with Crippen LogP contribution < -0.4 is 5.32 Å². The quantitative estimate of drug-likeness (QED) is 0.748. The van der Waals surface area contributed by atoms with Crippen molar-refractivity contribution in [1.82, 2.24) is 5.32 Å². The molecule has 0 bridgehead atoms. The summed E-state index contributed by atoms with van der Waals surface area (Å²) in [5.41, 5.74) is 0.211. The molecule has 0 saturated carbocycles. The Labute approximate surface area is 90.7 Å². The van der Waals surface area contributed by atoms with Gasteiger partial charge in [0.05, 0.1) is 5.54 Å². The summed E-state index contributed by atoms with van der Waals surface area (Å²) in [6.07, 6.45) is 5.36. The Balaban J connectivity index is 2.83. The van der Waals surface area contributed by atoms with Crippen molar-refractivity contribution >= 4 is 0 Å². The van der Waals surface area contributed by atoms with E-state index < -0.39 is 5.54 Å². The molecular formula is C13H16FN. The smallest absolute Gasteiger partial charge is 0.127 e. The van der Waals surface area contributed by atoms with E-state index in [0.29, 0.717) is 5.56 Å². The van der Waals surface area contributed by atoms with E-state index in [4.69, 9.17) is 6.42 Å². The lowest BCUT2D eigenvalue weighted by Gasteiger charge is -2.25. The number of halogens is 1. The molecule has 1 atom stereocenters. The lowest BCUT2D eigenvalue weighted by atomic mass is 10.0. The van der Waals surface area contributed by atoms with E-state index in [1.165, 1.54) is 6.07 Å². The monoisotopic (exact) mass is 205 g/mol. The molecule has 1 nitrogen and oxygen atoms in total. The molecule has 1 aromatic carbocycles. The van der Waals surface area contributed by atoms with Gasteiger partial charge in [0.25, 0.3) is 0 Å². The Morgan fingerprint density at radius 1 is 1.40 bits per heavy atom. The van der Waals surface area contributed by atoms with Gasteiger partial charge in [0.15, 0.2) is 0 Å². The fraction of sp³-hybridized carbons (Fsp3) is 0.385. The average Bonchev–Trinajstić information content (AvgIpc) is 2.17. The van der Waals surface area contributed by atoms with Crippen LogP contribution >= 0.6 is 0 Å². The summed E-state index contributed by atoms with van der Waals surface area (Å²) < 4.78 is 13.4. The molecule has 0 fully saturated rings. The van der Waals surface area contributed by atoms with Gasteiger partial charge in [-0.05, 0) is 26.8 Å². The highest BCUT2D eigenvalue weighted by Gasteiger charge is 2.19. The molecule has 0 aromatic heterocycles. The summed E-state index contributed by atoms with van der Waals surface area (Å²) >= 11 is 0. The Hall–Kier alpha value is -1.33. The minimum absolute atomic E-state index is 0.0998. The molecule has 15 heavy (non-hydrogen) atoms. The van der Waals surface area contributed by atoms with Crippen molar-refractivity contribution in [3.63, 3.8) is 0 Å². The second-order valence-electron chi connectivity index (χ2n) is 4.16. The van der Waals surface area contributed by atoms with E-state index in [9.17, 15) is 4.39 Å². The highest BCUT2D eigenvalue weighted by Crippen LogP contribution is 2.18. The highest BCUT2D eigenvalue weighted by atomic mass is 19.1. The van der Waals surface area contributed by atoms with Gasteiger partial charge < -0.3 is 0 Å². The van der Waals surface area contributed by atoms with Crippen molar-refractivity contribution in [2.75, 3.05) is 0 Å². The zero-order valence-electron chi connectivity index (χ0n) is 9.34. The molecule has 0 spiro atoms. The first-order chi connectivity index (χ1) is 6.96. The second-order valence-corrected chi connectivity index (χ2v) is 4.16. The van der Waals surface area contributed by atoms with Gasteiger partial charge in [0.1, 0.15) is 5.82 Å². The van der Waals surface area contributed by atoms with E-state index in [1.807, 2.05) is 26.8 Å². The molecule has 80 valence electrons. The minimum atomic E-state index is -0.429. The fourth-order valence-electron chi connectivity index (χ4n) is 1.49. The van der Waals surface area contributed by atoms with E-state index >= 15 is 0 Å². The van der Waals surface area contributed by atoms with Gasteiger partial charge in [-0.3, -0.25) is 5.32 Å². The molecule has 1 unspecified atom stereocenters. The third-order valence-corrected chi connectivity index (χ3v) is 2.31. The molecule has 2 heteroatoms. The second kappa shape index (κ2) is 4.46. The lowest BCUT2D eigenvalue weighted by Crippen LogP contribution is -2.39. The first kappa shape index (κ1) is 11.7. The lowest BCUT2D eigenvalue weighted by molar-refractivity contribution is 0.420. The summed E-state index contributed by atoms with van der Waals surface area (Å²) in [4.78, 5) is 0. The molecule has 0 aliphatic carbocycles.